The Morgan fingerprint density at radius 2 is 0.920 bits per heavy atom. The van der Waals surface area contributed by atoms with Crippen molar-refractivity contribution in [3.63, 3.8) is 0 Å². The van der Waals surface area contributed by atoms with Gasteiger partial charge in [0.05, 0.1) is 32.0 Å². The maximum absolute atomic E-state index is 13.2. The number of aliphatic hydroxyl groups is 8. The highest BCUT2D eigenvalue weighted by Crippen LogP contribution is 2.30. The van der Waals surface area contributed by atoms with E-state index in [4.69, 9.17) is 18.9 Å². The van der Waals surface area contributed by atoms with Gasteiger partial charge < -0.3 is 65.1 Å². The molecule has 0 spiro atoms. The van der Waals surface area contributed by atoms with Crippen molar-refractivity contribution in [2.24, 2.45) is 0 Å². The van der Waals surface area contributed by atoms with Crippen LogP contribution in [-0.2, 0) is 23.7 Å². The van der Waals surface area contributed by atoms with Gasteiger partial charge in [-0.05, 0) is 77.0 Å². The molecule has 0 saturated carbocycles. The van der Waals surface area contributed by atoms with E-state index in [1.807, 2.05) is 6.08 Å². The molecule has 0 aromatic carbocycles. The molecule has 2 rings (SSSR count). The molecule has 9 N–H and O–H groups in total. The minimum Gasteiger partial charge on any atom is -0.394 e. The van der Waals surface area contributed by atoms with Crippen LogP contribution in [0.3, 0.4) is 0 Å². The third-order valence-corrected chi connectivity index (χ3v) is 13.5. The number of aliphatic hydroxyl groups excluding tert-OH is 8. The number of amides is 1. The van der Waals surface area contributed by atoms with Crippen molar-refractivity contribution in [1.82, 2.24) is 5.32 Å². The first-order chi connectivity index (χ1) is 36.6. The van der Waals surface area contributed by atoms with Crippen LogP contribution in [0.25, 0.3) is 0 Å². The summed E-state index contributed by atoms with van der Waals surface area (Å²) < 4.78 is 22.7. The lowest BCUT2D eigenvalue weighted by Gasteiger charge is -2.46. The predicted molar refractivity (Wildman–Crippen MR) is 299 cm³/mol. The predicted octanol–water partition coefficient (Wildman–Crippen LogP) is 9.49. The minimum atomic E-state index is -1.79. The Hall–Kier alpha value is -3.09. The molecule has 0 aromatic heterocycles. The topological polar surface area (TPSA) is 228 Å². The summed E-state index contributed by atoms with van der Waals surface area (Å²) in [6, 6.07) is -0.931. The van der Waals surface area contributed by atoms with E-state index in [2.05, 4.69) is 104 Å². The van der Waals surface area contributed by atoms with Crippen LogP contribution in [0.2, 0.25) is 0 Å². The lowest BCUT2D eigenvalue weighted by atomic mass is 9.97. The SMILES string of the molecule is CC/C=C\C/C=C\C/C=C\C/C=C\C/C=C\C/C=C\C/C=C\CCCCCCCC(=O)NC(COC1OC(CO)C(OC2OC(CO)C(O)C(O)C2O)C(O)C1O)C(O)/C=C/CCCCCCCCCCCCCC. The largest absolute Gasteiger partial charge is 0.394 e. The molecule has 2 aliphatic heterocycles. The van der Waals surface area contributed by atoms with Crippen molar-refractivity contribution in [2.75, 3.05) is 19.8 Å². The van der Waals surface area contributed by atoms with Crippen molar-refractivity contribution in [3.05, 3.63) is 97.2 Å². The molecule has 75 heavy (non-hydrogen) atoms. The summed E-state index contributed by atoms with van der Waals surface area (Å²) in [7, 11) is 0. The first-order valence-corrected chi connectivity index (χ1v) is 29.0. The first kappa shape index (κ1) is 68.0. The summed E-state index contributed by atoms with van der Waals surface area (Å²) in [5.41, 5.74) is 0. The average molecular weight is 1060 g/mol. The lowest BCUT2D eigenvalue weighted by Crippen LogP contribution is -2.65. The van der Waals surface area contributed by atoms with Gasteiger partial charge in [-0.15, -0.1) is 0 Å². The number of nitrogens with one attached hydrogen (secondary N) is 1. The van der Waals surface area contributed by atoms with E-state index in [0.29, 0.717) is 6.42 Å². The number of carbonyl (C=O) groups excluding carboxylic acids is 1. The maximum Gasteiger partial charge on any atom is 0.220 e. The van der Waals surface area contributed by atoms with Crippen molar-refractivity contribution in [3.8, 4) is 0 Å². The van der Waals surface area contributed by atoms with Crippen LogP contribution in [0.1, 0.15) is 187 Å². The molecule has 0 bridgehead atoms. The van der Waals surface area contributed by atoms with Crippen molar-refractivity contribution >= 4 is 5.91 Å². The van der Waals surface area contributed by atoms with Crippen LogP contribution in [0.15, 0.2) is 97.2 Å². The molecule has 14 heteroatoms. The Morgan fingerprint density at radius 3 is 1.41 bits per heavy atom. The van der Waals surface area contributed by atoms with E-state index < -0.39 is 86.8 Å². The third-order valence-electron chi connectivity index (χ3n) is 13.5. The average Bonchev–Trinajstić information content (AvgIpc) is 3.41. The van der Waals surface area contributed by atoms with Crippen LogP contribution in [-0.4, -0.2) is 140 Å². The van der Waals surface area contributed by atoms with Crippen molar-refractivity contribution in [1.29, 1.82) is 0 Å². The summed E-state index contributed by atoms with van der Waals surface area (Å²) in [6.45, 7) is 2.64. The maximum atomic E-state index is 13.2. The highest BCUT2D eigenvalue weighted by Gasteiger charge is 2.51. The van der Waals surface area contributed by atoms with Crippen molar-refractivity contribution in [2.45, 2.75) is 261 Å². The molecule has 12 unspecified atom stereocenters. The highest BCUT2D eigenvalue weighted by molar-refractivity contribution is 5.76. The van der Waals surface area contributed by atoms with Crippen LogP contribution in [0, 0.1) is 0 Å². The second kappa shape index (κ2) is 45.9. The quantitative estimate of drug-likeness (QED) is 0.0205. The summed E-state index contributed by atoms with van der Waals surface area (Å²) in [5.74, 6) is -0.263. The second-order valence-corrected chi connectivity index (χ2v) is 20.0. The smallest absolute Gasteiger partial charge is 0.220 e. The molecular formula is C61H103NO13. The second-order valence-electron chi connectivity index (χ2n) is 20.0. The van der Waals surface area contributed by atoms with Gasteiger partial charge in [-0.1, -0.05) is 201 Å². The summed E-state index contributed by atoms with van der Waals surface area (Å²) >= 11 is 0. The van der Waals surface area contributed by atoms with Gasteiger partial charge in [0.1, 0.15) is 48.8 Å². The van der Waals surface area contributed by atoms with Crippen LogP contribution in [0.5, 0.6) is 0 Å². The minimum absolute atomic E-state index is 0.252. The Labute approximate surface area is 452 Å². The van der Waals surface area contributed by atoms with Crippen molar-refractivity contribution < 1.29 is 64.6 Å². The number of rotatable bonds is 44. The Balaban J connectivity index is 1.77. The van der Waals surface area contributed by atoms with E-state index in [1.165, 1.54) is 64.2 Å². The van der Waals surface area contributed by atoms with Crippen LogP contribution < -0.4 is 5.32 Å². The fraction of sp³-hybridized carbons (Fsp3) is 0.721. The molecule has 0 aromatic rings. The van der Waals surface area contributed by atoms with Gasteiger partial charge in [0.2, 0.25) is 5.91 Å². The molecule has 12 atom stereocenters. The van der Waals surface area contributed by atoms with Gasteiger partial charge in [0, 0.05) is 6.42 Å². The fourth-order valence-corrected chi connectivity index (χ4v) is 8.86. The van der Waals surface area contributed by atoms with E-state index in [1.54, 1.807) is 6.08 Å². The number of allylic oxidation sites excluding steroid dienone is 15. The number of ether oxygens (including phenoxy) is 4. The highest BCUT2D eigenvalue weighted by atomic mass is 16.7. The summed E-state index contributed by atoms with van der Waals surface area (Å²) in [5, 5.41) is 87.0. The van der Waals surface area contributed by atoms with Gasteiger partial charge in [-0.25, -0.2) is 0 Å². The molecule has 430 valence electrons. The number of hydrogen-bond acceptors (Lipinski definition) is 13. The van der Waals surface area contributed by atoms with Crippen LogP contribution in [0.4, 0.5) is 0 Å². The molecule has 14 nitrogen and oxygen atoms in total. The lowest BCUT2D eigenvalue weighted by molar-refractivity contribution is -0.359. The van der Waals surface area contributed by atoms with Gasteiger partial charge in [0.25, 0.3) is 0 Å². The summed E-state index contributed by atoms with van der Waals surface area (Å²) in [6.07, 6.45) is 45.8. The molecule has 2 aliphatic rings. The number of hydrogen-bond donors (Lipinski definition) is 9. The number of carbonyl (C=O) groups is 1. The fourth-order valence-electron chi connectivity index (χ4n) is 8.86. The Bertz CT molecular complexity index is 1620. The molecular weight excluding hydrogens is 955 g/mol. The zero-order chi connectivity index (χ0) is 54.6. The van der Waals surface area contributed by atoms with E-state index >= 15 is 0 Å². The molecule has 1 amide bonds. The zero-order valence-corrected chi connectivity index (χ0v) is 46.0. The monoisotopic (exact) mass is 1060 g/mol. The Morgan fingerprint density at radius 1 is 0.493 bits per heavy atom. The molecule has 2 heterocycles. The third kappa shape index (κ3) is 31.8. The zero-order valence-electron chi connectivity index (χ0n) is 46.0. The standard InChI is InChI=1S/C61H103NO13/c1-3-5-7-9-11-13-15-17-19-20-21-22-23-24-25-26-27-28-29-30-31-33-35-37-39-41-43-45-53(66)62-49(50(65)44-42-40-38-36-34-32-18-16-14-12-10-8-6-4-2)48-72-60-58(71)56(69)59(52(47-64)74-60)75-61-57(70)55(68)54(67)51(46-63)73-61/h5,7,11,13,17,19,21-22,24-25,27-28,30-31,42,44,49-52,54-61,63-65,67-71H,3-4,6,8-10,12,14-16,18,20,23,26,29,32-41,43,45-48H2,1-2H3,(H,62,66)/b7-5-,13-11-,19-17-,22-21-,25-24-,28-27-,31-30-,44-42+. The molecule has 2 saturated heterocycles. The van der Waals surface area contributed by atoms with Gasteiger partial charge in [-0.3, -0.25) is 4.79 Å². The van der Waals surface area contributed by atoms with Gasteiger partial charge in [-0.2, -0.15) is 0 Å². The first-order valence-electron chi connectivity index (χ1n) is 29.0. The molecule has 0 aliphatic carbocycles. The van der Waals surface area contributed by atoms with E-state index in [-0.39, 0.29) is 18.9 Å². The van der Waals surface area contributed by atoms with Gasteiger partial charge >= 0.3 is 0 Å². The molecule has 0 radical (unpaired) electrons. The van der Waals surface area contributed by atoms with Crippen LogP contribution >= 0.6 is 0 Å². The Kier molecular flexibility index (Phi) is 41.6. The number of unbranched alkanes of at least 4 members (excludes halogenated alkanes) is 17. The molecule has 2 fully saturated rings. The van der Waals surface area contributed by atoms with Gasteiger partial charge in [0.15, 0.2) is 12.6 Å². The summed E-state index contributed by atoms with van der Waals surface area (Å²) in [4.78, 5) is 13.2. The van der Waals surface area contributed by atoms with E-state index in [9.17, 15) is 45.6 Å². The van der Waals surface area contributed by atoms with E-state index in [0.717, 1.165) is 96.3 Å². The normalized spacial score (nSPS) is 25.8.